The van der Waals surface area contributed by atoms with E-state index in [2.05, 4.69) is 15.5 Å². The van der Waals surface area contributed by atoms with Gasteiger partial charge in [-0.15, -0.1) is 0 Å². The number of nitriles is 1. The van der Waals surface area contributed by atoms with Gasteiger partial charge < -0.3 is 5.32 Å². The number of nitrogens with zero attached hydrogens (tertiary/aromatic N) is 2. The summed E-state index contributed by atoms with van der Waals surface area (Å²) in [6.07, 6.45) is 3.26. The largest absolute Gasteiger partial charge is 0.354 e. The van der Waals surface area contributed by atoms with Gasteiger partial charge in [0.05, 0.1) is 11.7 Å². The maximum absolute atomic E-state index is 11.3. The molecule has 2 rings (SSSR count). The predicted molar refractivity (Wildman–Crippen MR) is 63.8 cm³/mol. The third kappa shape index (κ3) is 2.16. The van der Waals surface area contributed by atoms with E-state index in [0.29, 0.717) is 0 Å². The summed E-state index contributed by atoms with van der Waals surface area (Å²) in [4.78, 5) is 11.3. The van der Waals surface area contributed by atoms with Gasteiger partial charge in [0.1, 0.15) is 11.6 Å². The van der Waals surface area contributed by atoms with E-state index < -0.39 is 5.91 Å². The Morgan fingerprint density at radius 2 is 2.41 bits per heavy atom. The molecule has 0 atom stereocenters. The number of hydrogen-bond acceptors (Lipinski definition) is 3. The van der Waals surface area contributed by atoms with Crippen LogP contribution in [0.2, 0.25) is 0 Å². The average molecular weight is 226 g/mol. The first-order valence-electron chi connectivity index (χ1n) is 5.01. The van der Waals surface area contributed by atoms with E-state index in [4.69, 9.17) is 5.26 Å². The molecule has 0 unspecified atom stereocenters. The van der Waals surface area contributed by atoms with Crippen molar-refractivity contribution in [3.05, 3.63) is 35.5 Å². The third-order valence-corrected chi connectivity index (χ3v) is 2.37. The second-order valence-corrected chi connectivity index (χ2v) is 3.47. The maximum atomic E-state index is 11.3. The van der Waals surface area contributed by atoms with Crippen LogP contribution in [0.25, 0.3) is 17.0 Å². The molecule has 2 aromatic rings. The van der Waals surface area contributed by atoms with Crippen LogP contribution in [0, 0.1) is 11.3 Å². The van der Waals surface area contributed by atoms with E-state index in [1.165, 1.54) is 7.05 Å². The van der Waals surface area contributed by atoms with Crippen molar-refractivity contribution in [3.8, 4) is 6.07 Å². The summed E-state index contributed by atoms with van der Waals surface area (Å²) in [6, 6.07) is 7.41. The van der Waals surface area contributed by atoms with Crippen LogP contribution < -0.4 is 5.32 Å². The minimum absolute atomic E-state index is 0.0753. The number of aromatic nitrogens is 2. The molecule has 0 bridgehead atoms. The third-order valence-electron chi connectivity index (χ3n) is 2.37. The van der Waals surface area contributed by atoms with E-state index in [1.54, 1.807) is 12.3 Å². The van der Waals surface area contributed by atoms with Gasteiger partial charge in [-0.2, -0.15) is 10.4 Å². The summed E-state index contributed by atoms with van der Waals surface area (Å²) >= 11 is 0. The van der Waals surface area contributed by atoms with Crippen LogP contribution in [0.5, 0.6) is 0 Å². The highest BCUT2D eigenvalue weighted by molar-refractivity contribution is 6.01. The molecule has 2 N–H and O–H groups in total. The lowest BCUT2D eigenvalue weighted by molar-refractivity contribution is -0.116. The fraction of sp³-hybridized carbons (Fsp3) is 0.0833. The number of hydrogen-bond donors (Lipinski definition) is 2. The molecule has 0 saturated carbocycles. The molecular formula is C12H10N4O. The molecule has 0 fully saturated rings. The molecule has 1 aromatic carbocycles. The van der Waals surface area contributed by atoms with E-state index >= 15 is 0 Å². The molecule has 0 aliphatic rings. The number of benzene rings is 1. The Morgan fingerprint density at radius 3 is 3.12 bits per heavy atom. The van der Waals surface area contributed by atoms with Gasteiger partial charge >= 0.3 is 0 Å². The number of likely N-dealkylation sites (N-methyl/N-ethyl adjacent to an activating group) is 1. The summed E-state index contributed by atoms with van der Waals surface area (Å²) in [5.41, 5.74) is 1.72. The normalized spacial score (nSPS) is 11.2. The molecule has 5 heteroatoms. The second kappa shape index (κ2) is 4.49. The molecule has 0 aliphatic heterocycles. The van der Waals surface area contributed by atoms with Crippen molar-refractivity contribution in [2.45, 2.75) is 0 Å². The number of fused-ring (bicyclic) bond motifs is 1. The van der Waals surface area contributed by atoms with Crippen molar-refractivity contribution in [3.63, 3.8) is 0 Å². The lowest BCUT2D eigenvalue weighted by Crippen LogP contribution is -2.19. The van der Waals surface area contributed by atoms with Crippen LogP contribution in [-0.2, 0) is 4.79 Å². The van der Waals surface area contributed by atoms with Crippen LogP contribution in [0.1, 0.15) is 5.56 Å². The van der Waals surface area contributed by atoms with Gasteiger partial charge in [-0.05, 0) is 17.7 Å². The lowest BCUT2D eigenvalue weighted by atomic mass is 10.1. The van der Waals surface area contributed by atoms with Crippen molar-refractivity contribution in [1.82, 2.24) is 15.5 Å². The second-order valence-electron chi connectivity index (χ2n) is 3.47. The number of carbonyl (C=O) groups is 1. The van der Waals surface area contributed by atoms with Gasteiger partial charge in [0.25, 0.3) is 5.91 Å². The molecule has 0 radical (unpaired) electrons. The zero-order chi connectivity index (χ0) is 12.3. The summed E-state index contributed by atoms with van der Waals surface area (Å²) in [6.45, 7) is 0. The molecule has 1 aromatic heterocycles. The van der Waals surface area contributed by atoms with Crippen LogP contribution in [0.4, 0.5) is 0 Å². The smallest absolute Gasteiger partial charge is 0.261 e. The monoisotopic (exact) mass is 226 g/mol. The van der Waals surface area contributed by atoms with Crippen LogP contribution in [0.3, 0.4) is 0 Å². The molecular weight excluding hydrogens is 216 g/mol. The Balaban J connectivity index is 2.43. The quantitative estimate of drug-likeness (QED) is 0.596. The Morgan fingerprint density at radius 1 is 1.59 bits per heavy atom. The summed E-state index contributed by atoms with van der Waals surface area (Å²) in [5.74, 6) is -0.391. The van der Waals surface area contributed by atoms with Crippen LogP contribution in [0.15, 0.2) is 30.0 Å². The number of carbonyl (C=O) groups excluding carboxylic acids is 1. The van der Waals surface area contributed by atoms with Gasteiger partial charge in [0.2, 0.25) is 0 Å². The first kappa shape index (κ1) is 10.9. The SMILES string of the molecule is CNC(=O)/C(C#N)=C\c1ccc2cn[nH]c2c1. The Hall–Kier alpha value is -2.61. The molecule has 1 heterocycles. The molecule has 0 spiro atoms. The number of aromatic amines is 1. The summed E-state index contributed by atoms with van der Waals surface area (Å²) in [7, 11) is 1.49. The highest BCUT2D eigenvalue weighted by atomic mass is 16.1. The van der Waals surface area contributed by atoms with Crippen molar-refractivity contribution in [2.75, 3.05) is 7.05 Å². The maximum Gasteiger partial charge on any atom is 0.261 e. The predicted octanol–water partition coefficient (Wildman–Crippen LogP) is 1.22. The number of amides is 1. The van der Waals surface area contributed by atoms with Crippen molar-refractivity contribution in [2.24, 2.45) is 0 Å². The Labute approximate surface area is 97.7 Å². The molecule has 84 valence electrons. The number of rotatable bonds is 2. The van der Waals surface area contributed by atoms with Crippen molar-refractivity contribution in [1.29, 1.82) is 5.26 Å². The molecule has 5 nitrogen and oxygen atoms in total. The molecule has 1 amide bonds. The highest BCUT2D eigenvalue weighted by Crippen LogP contribution is 2.15. The van der Waals surface area contributed by atoms with Gasteiger partial charge in [0, 0.05) is 12.4 Å². The summed E-state index contributed by atoms with van der Waals surface area (Å²) < 4.78 is 0. The van der Waals surface area contributed by atoms with Gasteiger partial charge in [-0.3, -0.25) is 9.89 Å². The van der Waals surface area contributed by atoms with E-state index in [1.807, 2.05) is 24.3 Å². The van der Waals surface area contributed by atoms with Crippen LogP contribution >= 0.6 is 0 Å². The van der Waals surface area contributed by atoms with Gasteiger partial charge in [0.15, 0.2) is 0 Å². The Bertz CT molecular complexity index is 633. The van der Waals surface area contributed by atoms with E-state index in [9.17, 15) is 4.79 Å². The standard InChI is InChI=1S/C12H10N4O/c1-14-12(17)10(6-13)4-8-2-3-9-7-15-16-11(9)5-8/h2-5,7H,1H3,(H,14,17)(H,15,16)/b10-4-. The fourth-order valence-electron chi connectivity index (χ4n) is 1.49. The van der Waals surface area contributed by atoms with Crippen molar-refractivity contribution >= 4 is 22.9 Å². The van der Waals surface area contributed by atoms with Crippen LogP contribution in [-0.4, -0.2) is 23.2 Å². The zero-order valence-electron chi connectivity index (χ0n) is 9.19. The molecule has 0 aliphatic carbocycles. The van der Waals surface area contributed by atoms with Crippen molar-refractivity contribution < 1.29 is 4.79 Å². The highest BCUT2D eigenvalue weighted by Gasteiger charge is 2.06. The van der Waals surface area contributed by atoms with Gasteiger partial charge in [-0.1, -0.05) is 12.1 Å². The lowest BCUT2D eigenvalue weighted by Gasteiger charge is -1.98. The average Bonchev–Trinajstić information content (AvgIpc) is 2.82. The van der Waals surface area contributed by atoms with E-state index in [-0.39, 0.29) is 5.57 Å². The topological polar surface area (TPSA) is 81.6 Å². The van der Waals surface area contributed by atoms with E-state index in [0.717, 1.165) is 16.5 Å². The minimum Gasteiger partial charge on any atom is -0.354 e. The molecule has 17 heavy (non-hydrogen) atoms. The first-order chi connectivity index (χ1) is 8.24. The summed E-state index contributed by atoms with van der Waals surface area (Å²) in [5, 5.41) is 19.0. The zero-order valence-corrected chi connectivity index (χ0v) is 9.19. The number of H-pyrrole nitrogens is 1. The fourth-order valence-corrected chi connectivity index (χ4v) is 1.49. The Kier molecular flexibility index (Phi) is 2.88. The minimum atomic E-state index is -0.391. The number of nitrogens with one attached hydrogen (secondary N) is 2. The van der Waals surface area contributed by atoms with Gasteiger partial charge in [-0.25, -0.2) is 0 Å². The molecule has 0 saturated heterocycles. The first-order valence-corrected chi connectivity index (χ1v) is 5.01.